The average molecular weight is 574 g/mol. The van der Waals surface area contributed by atoms with Gasteiger partial charge in [-0.1, -0.05) is 77.1 Å². The number of fused-ring (bicyclic) bond motifs is 2. The van der Waals surface area contributed by atoms with Gasteiger partial charge in [0.25, 0.3) is 5.56 Å². The highest BCUT2D eigenvalue weighted by Crippen LogP contribution is 2.32. The van der Waals surface area contributed by atoms with Crippen molar-refractivity contribution >= 4 is 55.6 Å². The number of hydrogen-bond donors (Lipinski definition) is 0. The van der Waals surface area contributed by atoms with Crippen LogP contribution in [0.1, 0.15) is 55.0 Å². The average Bonchev–Trinajstić information content (AvgIpc) is 3.27. The van der Waals surface area contributed by atoms with Crippen molar-refractivity contribution < 1.29 is 0 Å². The third kappa shape index (κ3) is 4.88. The van der Waals surface area contributed by atoms with Crippen LogP contribution < -0.4 is 5.56 Å². The van der Waals surface area contributed by atoms with Crippen molar-refractivity contribution in [2.75, 3.05) is 0 Å². The summed E-state index contributed by atoms with van der Waals surface area (Å²) in [6.45, 7) is 0.713. The van der Waals surface area contributed by atoms with Gasteiger partial charge >= 0.3 is 0 Å². The largest absolute Gasteiger partial charge is 0.342 e. The Hall–Kier alpha value is -3.22. The Morgan fingerprint density at radius 2 is 1.78 bits per heavy atom. The minimum atomic E-state index is -0.131. The number of halogens is 2. The first-order chi connectivity index (χ1) is 18.1. The van der Waals surface area contributed by atoms with Gasteiger partial charge in [-0.25, -0.2) is 4.98 Å². The molecular formula is C30H26BrClN4O. The van der Waals surface area contributed by atoms with Crippen molar-refractivity contribution in [2.45, 2.75) is 44.6 Å². The quantitative estimate of drug-likeness (QED) is 0.202. The Morgan fingerprint density at radius 3 is 2.59 bits per heavy atom. The molecule has 0 unspecified atom stereocenters. The van der Waals surface area contributed by atoms with Crippen LogP contribution in [0.2, 0.25) is 5.02 Å². The van der Waals surface area contributed by atoms with Gasteiger partial charge in [-0.05, 0) is 54.8 Å². The number of benzene rings is 3. The first-order valence-electron chi connectivity index (χ1n) is 12.7. The fourth-order valence-electron chi connectivity index (χ4n) is 5.32. The van der Waals surface area contributed by atoms with Gasteiger partial charge in [-0.3, -0.25) is 4.79 Å². The Morgan fingerprint density at radius 1 is 1.00 bits per heavy atom. The second-order valence-electron chi connectivity index (χ2n) is 9.68. The second kappa shape index (κ2) is 10.3. The zero-order chi connectivity index (χ0) is 25.4. The molecule has 0 aliphatic heterocycles. The molecule has 6 rings (SSSR count). The molecule has 1 aliphatic carbocycles. The smallest absolute Gasteiger partial charge is 0.282 e. The molecule has 5 aromatic rings. The van der Waals surface area contributed by atoms with Gasteiger partial charge in [0.2, 0.25) is 0 Å². The van der Waals surface area contributed by atoms with Crippen LogP contribution in [0.3, 0.4) is 0 Å². The van der Waals surface area contributed by atoms with E-state index in [1.54, 1.807) is 6.21 Å². The molecule has 0 saturated heterocycles. The van der Waals surface area contributed by atoms with Crippen LogP contribution >= 0.6 is 27.5 Å². The molecule has 0 bridgehead atoms. The van der Waals surface area contributed by atoms with Gasteiger partial charge in [-0.15, -0.1) is 0 Å². The van der Waals surface area contributed by atoms with Crippen LogP contribution in [-0.4, -0.2) is 20.4 Å². The van der Waals surface area contributed by atoms with E-state index in [0.717, 1.165) is 68.5 Å². The summed E-state index contributed by atoms with van der Waals surface area (Å²) in [5.74, 6) is 0.999. The number of hydrogen-bond acceptors (Lipinski definition) is 3. The van der Waals surface area contributed by atoms with E-state index in [9.17, 15) is 4.79 Å². The van der Waals surface area contributed by atoms with Gasteiger partial charge in [0.15, 0.2) is 0 Å². The molecule has 0 amide bonds. The third-order valence-corrected chi connectivity index (χ3v) is 7.95. The van der Waals surface area contributed by atoms with Crippen molar-refractivity contribution in [3.63, 3.8) is 0 Å². The molecule has 0 atom stereocenters. The van der Waals surface area contributed by atoms with Crippen molar-refractivity contribution in [1.82, 2.24) is 14.2 Å². The summed E-state index contributed by atoms with van der Waals surface area (Å²) in [4.78, 5) is 18.6. The fourth-order valence-corrected chi connectivity index (χ4v) is 5.80. The molecule has 5 nitrogen and oxygen atoms in total. The van der Waals surface area contributed by atoms with E-state index in [-0.39, 0.29) is 11.5 Å². The van der Waals surface area contributed by atoms with Crippen molar-refractivity contribution in [3.8, 4) is 0 Å². The Labute approximate surface area is 228 Å². The lowest BCUT2D eigenvalue weighted by Gasteiger charge is -2.22. The van der Waals surface area contributed by atoms with Crippen molar-refractivity contribution in [1.29, 1.82) is 0 Å². The van der Waals surface area contributed by atoms with E-state index in [1.807, 2.05) is 54.6 Å². The highest BCUT2D eigenvalue weighted by Gasteiger charge is 2.22. The molecule has 0 spiro atoms. The summed E-state index contributed by atoms with van der Waals surface area (Å²) in [6.07, 6.45) is 9.51. The number of para-hydroxylation sites is 1. The number of nitrogens with zero attached hydrogens (tertiary/aromatic N) is 4. The van der Waals surface area contributed by atoms with Crippen LogP contribution in [0.15, 0.2) is 87.3 Å². The lowest BCUT2D eigenvalue weighted by atomic mass is 9.88. The molecule has 2 heterocycles. The van der Waals surface area contributed by atoms with Gasteiger partial charge in [0.05, 0.1) is 17.1 Å². The molecule has 186 valence electrons. The topological polar surface area (TPSA) is 52.2 Å². The molecule has 1 fully saturated rings. The second-order valence-corrected chi connectivity index (χ2v) is 11.0. The normalized spacial score (nSPS) is 14.8. The van der Waals surface area contributed by atoms with Crippen LogP contribution in [0, 0.1) is 0 Å². The van der Waals surface area contributed by atoms with Crippen LogP contribution in [-0.2, 0) is 6.54 Å². The SMILES string of the molecule is O=c1c2cc(Br)ccc2nc(C2CCCCC2)n1N=Cc1cn(Cc2ccc(Cl)cc2)c2ccccc12. The summed E-state index contributed by atoms with van der Waals surface area (Å²) in [5.41, 5.74) is 3.82. The molecule has 3 aromatic carbocycles. The van der Waals surface area contributed by atoms with Crippen LogP contribution in [0.5, 0.6) is 0 Å². The maximum Gasteiger partial charge on any atom is 0.282 e. The van der Waals surface area contributed by atoms with Gasteiger partial charge in [-0.2, -0.15) is 9.78 Å². The van der Waals surface area contributed by atoms with Gasteiger partial charge in [0.1, 0.15) is 5.82 Å². The summed E-state index contributed by atoms with van der Waals surface area (Å²) in [7, 11) is 0. The minimum Gasteiger partial charge on any atom is -0.342 e. The first-order valence-corrected chi connectivity index (χ1v) is 13.8. The summed E-state index contributed by atoms with van der Waals surface area (Å²) in [5, 5.41) is 7.16. The molecule has 0 N–H and O–H groups in total. The summed E-state index contributed by atoms with van der Waals surface area (Å²) >= 11 is 9.58. The van der Waals surface area contributed by atoms with Crippen LogP contribution in [0.4, 0.5) is 0 Å². The predicted octanol–water partition coefficient (Wildman–Crippen LogP) is 7.75. The lowest BCUT2D eigenvalue weighted by molar-refractivity contribution is 0.416. The third-order valence-electron chi connectivity index (χ3n) is 7.20. The molecule has 2 aromatic heterocycles. The molecule has 0 radical (unpaired) electrons. The summed E-state index contributed by atoms with van der Waals surface area (Å²) < 4.78 is 4.60. The van der Waals surface area contributed by atoms with E-state index < -0.39 is 0 Å². The Bertz CT molecular complexity index is 1680. The van der Waals surface area contributed by atoms with E-state index in [2.05, 4.69) is 38.8 Å². The minimum absolute atomic E-state index is 0.131. The van der Waals surface area contributed by atoms with Gasteiger partial charge < -0.3 is 4.57 Å². The maximum absolute atomic E-state index is 13.7. The fraction of sp³-hybridized carbons (Fsp3) is 0.233. The van der Waals surface area contributed by atoms with Crippen molar-refractivity contribution in [2.24, 2.45) is 5.10 Å². The van der Waals surface area contributed by atoms with Crippen molar-refractivity contribution in [3.05, 3.63) is 110 Å². The van der Waals surface area contributed by atoms with E-state index in [0.29, 0.717) is 11.9 Å². The molecule has 37 heavy (non-hydrogen) atoms. The highest BCUT2D eigenvalue weighted by atomic mass is 79.9. The molecular weight excluding hydrogens is 548 g/mol. The molecule has 7 heteroatoms. The Balaban J connectivity index is 1.45. The standard InChI is InChI=1S/C30H26BrClN4O/c31-23-12-15-27-26(16-23)30(37)36(29(34-27)21-6-2-1-3-7-21)33-17-22-19-35(28-9-5-4-8-25(22)28)18-20-10-13-24(32)14-11-20/h4-5,8-17,19,21H,1-3,6-7,18H2. The van der Waals surface area contributed by atoms with Crippen LogP contribution in [0.25, 0.3) is 21.8 Å². The maximum atomic E-state index is 13.7. The van der Waals surface area contributed by atoms with E-state index in [1.165, 1.54) is 11.1 Å². The molecule has 1 saturated carbocycles. The first kappa shape index (κ1) is 24.1. The highest BCUT2D eigenvalue weighted by molar-refractivity contribution is 9.10. The van der Waals surface area contributed by atoms with Gasteiger partial charge in [0, 0.05) is 44.6 Å². The number of rotatable bonds is 5. The van der Waals surface area contributed by atoms with E-state index in [4.69, 9.17) is 21.7 Å². The summed E-state index contributed by atoms with van der Waals surface area (Å²) in [6, 6.07) is 21.9. The lowest BCUT2D eigenvalue weighted by Crippen LogP contribution is -2.25. The van der Waals surface area contributed by atoms with E-state index >= 15 is 0 Å². The Kier molecular flexibility index (Phi) is 6.70. The predicted molar refractivity (Wildman–Crippen MR) is 155 cm³/mol. The molecule has 1 aliphatic rings. The number of aromatic nitrogens is 3. The zero-order valence-electron chi connectivity index (χ0n) is 20.3. The monoisotopic (exact) mass is 572 g/mol. The zero-order valence-corrected chi connectivity index (χ0v) is 22.6.